The molecule has 0 aromatic carbocycles. The Morgan fingerprint density at radius 1 is 1.10 bits per heavy atom. The van der Waals surface area contributed by atoms with Gasteiger partial charge in [0, 0.05) is 25.6 Å². The van der Waals surface area contributed by atoms with Gasteiger partial charge in [-0.1, -0.05) is 12.2 Å². The molecule has 0 unspecified atom stereocenters. The van der Waals surface area contributed by atoms with E-state index >= 15 is 0 Å². The van der Waals surface area contributed by atoms with Gasteiger partial charge in [-0.05, 0) is 38.0 Å². The van der Waals surface area contributed by atoms with Crippen LogP contribution in [0.2, 0.25) is 0 Å². The quantitative estimate of drug-likeness (QED) is 0.791. The van der Waals surface area contributed by atoms with Gasteiger partial charge in [-0.15, -0.1) is 0 Å². The van der Waals surface area contributed by atoms with E-state index < -0.39 is 0 Å². The first-order valence-electron chi connectivity index (χ1n) is 8.01. The van der Waals surface area contributed by atoms with Gasteiger partial charge in [0.1, 0.15) is 0 Å². The zero-order valence-electron chi connectivity index (χ0n) is 12.4. The molecule has 2 saturated heterocycles. The maximum absolute atomic E-state index is 12.4. The minimum Gasteiger partial charge on any atom is -0.377 e. The van der Waals surface area contributed by atoms with Crippen LogP contribution in [0.5, 0.6) is 0 Å². The van der Waals surface area contributed by atoms with E-state index in [4.69, 9.17) is 10.5 Å². The third-order valence-electron chi connectivity index (χ3n) is 5.17. The number of ether oxygens (including phenoxy) is 1. The zero-order chi connectivity index (χ0) is 14.8. The van der Waals surface area contributed by atoms with Gasteiger partial charge in [0.15, 0.2) is 0 Å². The van der Waals surface area contributed by atoms with Gasteiger partial charge in [0.2, 0.25) is 11.8 Å². The van der Waals surface area contributed by atoms with Crippen LogP contribution in [0.4, 0.5) is 0 Å². The van der Waals surface area contributed by atoms with Crippen LogP contribution < -0.4 is 5.73 Å². The van der Waals surface area contributed by atoms with Crippen molar-refractivity contribution in [3.63, 3.8) is 0 Å². The molecule has 0 saturated carbocycles. The number of nitrogens with two attached hydrogens (primary N) is 1. The molecule has 2 fully saturated rings. The van der Waals surface area contributed by atoms with Crippen LogP contribution in [0.15, 0.2) is 12.2 Å². The second kappa shape index (κ2) is 6.18. The lowest BCUT2D eigenvalue weighted by Crippen LogP contribution is -2.45. The van der Waals surface area contributed by atoms with Gasteiger partial charge in [-0.3, -0.25) is 9.59 Å². The topological polar surface area (TPSA) is 72.6 Å². The number of hydrogen-bond acceptors (Lipinski definition) is 3. The number of amides is 2. The third-order valence-corrected chi connectivity index (χ3v) is 5.17. The second-order valence-electron chi connectivity index (χ2n) is 6.44. The van der Waals surface area contributed by atoms with Crippen molar-refractivity contribution >= 4 is 11.8 Å². The van der Waals surface area contributed by atoms with Gasteiger partial charge in [0.25, 0.3) is 0 Å². The van der Waals surface area contributed by atoms with Crippen molar-refractivity contribution in [1.82, 2.24) is 4.90 Å². The summed E-state index contributed by atoms with van der Waals surface area (Å²) in [7, 11) is 0. The molecule has 5 heteroatoms. The predicted molar refractivity (Wildman–Crippen MR) is 78.2 cm³/mol. The number of hydrogen-bond donors (Lipinski definition) is 1. The van der Waals surface area contributed by atoms with Gasteiger partial charge in [-0.2, -0.15) is 0 Å². The van der Waals surface area contributed by atoms with Crippen molar-refractivity contribution in [1.29, 1.82) is 0 Å². The van der Waals surface area contributed by atoms with Crippen molar-refractivity contribution < 1.29 is 14.3 Å². The number of nitrogens with zero attached hydrogens (tertiary/aromatic N) is 1. The highest BCUT2D eigenvalue weighted by Gasteiger charge is 2.40. The predicted octanol–water partition coefficient (Wildman–Crippen LogP) is 1.08. The molecule has 2 N–H and O–H groups in total. The lowest BCUT2D eigenvalue weighted by molar-refractivity contribution is -0.138. The average Bonchev–Trinajstić information content (AvgIpc) is 3.18. The molecule has 5 nitrogen and oxygen atoms in total. The summed E-state index contributed by atoms with van der Waals surface area (Å²) in [6, 6.07) is 0. The van der Waals surface area contributed by atoms with E-state index in [1.807, 2.05) is 4.90 Å². The minimum absolute atomic E-state index is 0.0344. The summed E-state index contributed by atoms with van der Waals surface area (Å²) in [5.41, 5.74) is 5.46. The van der Waals surface area contributed by atoms with Crippen LogP contribution in [-0.4, -0.2) is 42.5 Å². The molecule has 3 rings (SSSR count). The third kappa shape index (κ3) is 2.98. The zero-order valence-corrected chi connectivity index (χ0v) is 12.4. The van der Waals surface area contributed by atoms with Gasteiger partial charge in [0.05, 0.1) is 12.0 Å². The Kier molecular flexibility index (Phi) is 4.29. The molecular weight excluding hydrogens is 268 g/mol. The highest BCUT2D eigenvalue weighted by Crippen LogP contribution is 2.33. The lowest BCUT2D eigenvalue weighted by Gasteiger charge is -2.36. The minimum atomic E-state index is -0.243. The van der Waals surface area contributed by atoms with Gasteiger partial charge < -0.3 is 15.4 Å². The number of likely N-dealkylation sites (tertiary alicyclic amines) is 1. The molecule has 2 amide bonds. The highest BCUT2D eigenvalue weighted by molar-refractivity contribution is 5.80. The van der Waals surface area contributed by atoms with E-state index in [1.165, 1.54) is 0 Å². The Hall–Kier alpha value is -1.36. The summed E-state index contributed by atoms with van der Waals surface area (Å²) < 4.78 is 5.75. The fraction of sp³-hybridized carbons (Fsp3) is 0.750. The molecule has 0 bridgehead atoms. The van der Waals surface area contributed by atoms with Gasteiger partial charge in [-0.25, -0.2) is 0 Å². The number of primary amides is 1. The Labute approximate surface area is 125 Å². The van der Waals surface area contributed by atoms with Crippen LogP contribution in [0.25, 0.3) is 0 Å². The molecule has 0 radical (unpaired) electrons. The standard InChI is InChI=1S/C16H24N2O3/c17-15(19)13-7-10-21-14(13)11-5-8-18(9-6-11)16(20)12-3-1-2-4-12/h1-2,11-14H,3-10H2,(H2,17,19)/t13-,14+/m0/s1. The maximum Gasteiger partial charge on any atom is 0.226 e. The number of carbonyl (C=O) groups is 2. The summed E-state index contributed by atoms with van der Waals surface area (Å²) >= 11 is 0. The van der Waals surface area contributed by atoms with Crippen LogP contribution in [0.1, 0.15) is 32.1 Å². The van der Waals surface area contributed by atoms with Crippen LogP contribution >= 0.6 is 0 Å². The van der Waals surface area contributed by atoms with E-state index in [9.17, 15) is 9.59 Å². The molecule has 116 valence electrons. The first kappa shape index (κ1) is 14.6. The molecule has 2 aliphatic heterocycles. The van der Waals surface area contributed by atoms with E-state index in [1.54, 1.807) is 0 Å². The number of piperidine rings is 1. The van der Waals surface area contributed by atoms with Gasteiger partial charge >= 0.3 is 0 Å². The largest absolute Gasteiger partial charge is 0.377 e. The Balaban J connectivity index is 1.53. The fourth-order valence-electron chi connectivity index (χ4n) is 3.91. The SMILES string of the molecule is NC(=O)[C@H]1CCO[C@@H]1C1CCN(C(=O)C2CC=CC2)CC1. The second-order valence-corrected chi connectivity index (χ2v) is 6.44. The first-order chi connectivity index (χ1) is 10.2. The molecule has 21 heavy (non-hydrogen) atoms. The van der Waals surface area contributed by atoms with E-state index in [2.05, 4.69) is 12.2 Å². The van der Waals surface area contributed by atoms with Crippen molar-refractivity contribution in [2.75, 3.05) is 19.7 Å². The summed E-state index contributed by atoms with van der Waals surface area (Å²) in [5.74, 6) is 0.417. The smallest absolute Gasteiger partial charge is 0.226 e. The van der Waals surface area contributed by atoms with Crippen LogP contribution in [0, 0.1) is 17.8 Å². The normalized spacial score (nSPS) is 31.0. The molecule has 0 aromatic rings. The van der Waals surface area contributed by atoms with Crippen LogP contribution in [-0.2, 0) is 14.3 Å². The van der Waals surface area contributed by atoms with Crippen LogP contribution in [0.3, 0.4) is 0 Å². The summed E-state index contributed by atoms with van der Waals surface area (Å²) in [5, 5.41) is 0. The molecule has 0 spiro atoms. The summed E-state index contributed by atoms with van der Waals surface area (Å²) in [4.78, 5) is 25.8. The molecule has 0 aromatic heterocycles. The number of allylic oxidation sites excluding steroid dienone is 2. The van der Waals surface area contributed by atoms with E-state index in [-0.39, 0.29) is 29.8 Å². The number of rotatable bonds is 3. The Morgan fingerprint density at radius 3 is 2.38 bits per heavy atom. The fourth-order valence-corrected chi connectivity index (χ4v) is 3.91. The van der Waals surface area contributed by atoms with E-state index in [0.717, 1.165) is 45.2 Å². The summed E-state index contributed by atoms with van der Waals surface area (Å²) in [6.45, 7) is 2.20. The molecular formula is C16H24N2O3. The summed E-state index contributed by atoms with van der Waals surface area (Å²) in [6.07, 6.45) is 8.50. The van der Waals surface area contributed by atoms with Crippen molar-refractivity contribution in [3.05, 3.63) is 12.2 Å². The number of carbonyl (C=O) groups excluding carboxylic acids is 2. The average molecular weight is 292 g/mol. The molecule has 1 aliphatic carbocycles. The van der Waals surface area contributed by atoms with Crippen molar-refractivity contribution in [2.24, 2.45) is 23.5 Å². The lowest BCUT2D eigenvalue weighted by atomic mass is 9.83. The Morgan fingerprint density at radius 2 is 1.76 bits per heavy atom. The van der Waals surface area contributed by atoms with Crippen molar-refractivity contribution in [3.8, 4) is 0 Å². The molecule has 2 heterocycles. The molecule has 3 aliphatic rings. The van der Waals surface area contributed by atoms with E-state index in [0.29, 0.717) is 12.5 Å². The highest BCUT2D eigenvalue weighted by atomic mass is 16.5. The first-order valence-corrected chi connectivity index (χ1v) is 8.01. The maximum atomic E-state index is 12.4. The molecule has 2 atom stereocenters. The Bertz CT molecular complexity index is 433. The van der Waals surface area contributed by atoms with Crippen molar-refractivity contribution in [2.45, 2.75) is 38.2 Å². The monoisotopic (exact) mass is 292 g/mol.